The molecule has 0 aromatic heterocycles. The molecule has 1 aliphatic heterocycles. The molecule has 0 unspecified atom stereocenters. The minimum atomic E-state index is -0.0344. The molecule has 1 aliphatic rings. The molecule has 1 atom stereocenters. The maximum atomic E-state index is 12.7. The first-order chi connectivity index (χ1) is 10.1. The number of nitrogens with zero attached hydrogens (tertiary/aromatic N) is 1. The van der Waals surface area contributed by atoms with E-state index < -0.39 is 0 Å². The monoisotopic (exact) mass is 344 g/mol. The highest BCUT2D eigenvalue weighted by atomic mass is 79.9. The van der Waals surface area contributed by atoms with Crippen molar-refractivity contribution >= 4 is 33.2 Å². The van der Waals surface area contributed by atoms with Gasteiger partial charge in [0.2, 0.25) is 5.91 Å². The number of hydrogen-bond donors (Lipinski definition) is 1. The lowest BCUT2D eigenvalue weighted by molar-refractivity contribution is -0.121. The number of carbonyl (C=O) groups is 1. The lowest BCUT2D eigenvalue weighted by atomic mass is 10.1. The van der Waals surface area contributed by atoms with E-state index in [1.165, 1.54) is 0 Å². The molecular formula is C17H17BrN2O. The van der Waals surface area contributed by atoms with Crippen LogP contribution in [0.5, 0.6) is 0 Å². The molecule has 4 heteroatoms. The molecule has 1 amide bonds. The van der Waals surface area contributed by atoms with E-state index in [2.05, 4.69) is 21.2 Å². The van der Waals surface area contributed by atoms with Crippen LogP contribution in [0.15, 0.2) is 53.0 Å². The fourth-order valence-electron chi connectivity index (χ4n) is 2.53. The third kappa shape index (κ3) is 2.95. The van der Waals surface area contributed by atoms with Crippen LogP contribution >= 0.6 is 15.9 Å². The largest absolute Gasteiger partial charge is 0.383 e. The van der Waals surface area contributed by atoms with Gasteiger partial charge in [0.25, 0.3) is 0 Å². The second kappa shape index (κ2) is 5.90. The van der Waals surface area contributed by atoms with Crippen molar-refractivity contribution in [2.75, 3.05) is 16.8 Å². The van der Waals surface area contributed by atoms with Crippen LogP contribution < -0.4 is 10.2 Å². The standard InChI is InChI=1S/C17H17BrN2O/c1-12-10-19-15-4-2-3-5-16(15)20(17(12)21)11-13-6-8-14(18)9-7-13/h2-9,12,19H,10-11H2,1H3/t12-/m0/s1. The molecule has 0 bridgehead atoms. The fraction of sp³-hybridized carbons (Fsp3) is 0.235. The van der Waals surface area contributed by atoms with Crippen LogP contribution in [0, 0.1) is 5.92 Å². The average molecular weight is 345 g/mol. The normalized spacial score (nSPS) is 17.9. The van der Waals surface area contributed by atoms with Gasteiger partial charge in [-0.1, -0.05) is 47.1 Å². The van der Waals surface area contributed by atoms with Crippen LogP contribution in [0.3, 0.4) is 0 Å². The summed E-state index contributed by atoms with van der Waals surface area (Å²) in [5.74, 6) is 0.128. The van der Waals surface area contributed by atoms with E-state index in [0.717, 1.165) is 21.4 Å². The van der Waals surface area contributed by atoms with Crippen molar-refractivity contribution in [2.45, 2.75) is 13.5 Å². The van der Waals surface area contributed by atoms with E-state index in [4.69, 9.17) is 0 Å². The number of halogens is 1. The number of fused-ring (bicyclic) bond motifs is 1. The van der Waals surface area contributed by atoms with Gasteiger partial charge in [0, 0.05) is 11.0 Å². The molecule has 0 spiro atoms. The van der Waals surface area contributed by atoms with E-state index in [0.29, 0.717) is 13.1 Å². The Morgan fingerprint density at radius 2 is 1.90 bits per heavy atom. The fourth-order valence-corrected chi connectivity index (χ4v) is 2.79. The van der Waals surface area contributed by atoms with Gasteiger partial charge in [0.1, 0.15) is 0 Å². The van der Waals surface area contributed by atoms with Crippen LogP contribution in [-0.4, -0.2) is 12.5 Å². The lowest BCUT2D eigenvalue weighted by Crippen LogP contribution is -2.34. The number of para-hydroxylation sites is 2. The van der Waals surface area contributed by atoms with E-state index in [9.17, 15) is 4.79 Å². The topological polar surface area (TPSA) is 32.3 Å². The number of hydrogen-bond acceptors (Lipinski definition) is 2. The zero-order valence-electron chi connectivity index (χ0n) is 11.8. The molecule has 0 saturated carbocycles. The number of carbonyl (C=O) groups excluding carboxylic acids is 1. The molecule has 1 heterocycles. The molecule has 3 nitrogen and oxygen atoms in total. The Labute approximate surface area is 133 Å². The Kier molecular flexibility index (Phi) is 3.97. The molecule has 0 aliphatic carbocycles. The molecule has 0 fully saturated rings. The SMILES string of the molecule is C[C@H]1CNc2ccccc2N(Cc2ccc(Br)cc2)C1=O. The highest BCUT2D eigenvalue weighted by Crippen LogP contribution is 2.31. The van der Waals surface area contributed by atoms with Crippen molar-refractivity contribution < 1.29 is 4.79 Å². The minimum absolute atomic E-state index is 0.0344. The molecule has 3 rings (SSSR count). The summed E-state index contributed by atoms with van der Waals surface area (Å²) in [5.41, 5.74) is 3.09. The van der Waals surface area contributed by atoms with E-state index in [1.54, 1.807) is 0 Å². The Morgan fingerprint density at radius 1 is 1.19 bits per heavy atom. The summed E-state index contributed by atoms with van der Waals surface area (Å²) in [5, 5.41) is 3.36. The zero-order chi connectivity index (χ0) is 14.8. The third-order valence-corrected chi connectivity index (χ3v) is 4.26. The van der Waals surface area contributed by atoms with Crippen molar-refractivity contribution in [2.24, 2.45) is 5.92 Å². The summed E-state index contributed by atoms with van der Waals surface area (Å²) in [4.78, 5) is 14.5. The van der Waals surface area contributed by atoms with Gasteiger partial charge in [0.15, 0.2) is 0 Å². The number of amides is 1. The molecule has 0 saturated heterocycles. The van der Waals surface area contributed by atoms with Crippen LogP contribution in [0.4, 0.5) is 11.4 Å². The van der Waals surface area contributed by atoms with Gasteiger partial charge in [-0.15, -0.1) is 0 Å². The highest BCUT2D eigenvalue weighted by molar-refractivity contribution is 9.10. The van der Waals surface area contributed by atoms with Gasteiger partial charge < -0.3 is 10.2 Å². The van der Waals surface area contributed by atoms with Crippen molar-refractivity contribution in [3.8, 4) is 0 Å². The minimum Gasteiger partial charge on any atom is -0.383 e. The van der Waals surface area contributed by atoms with Crippen LogP contribution in [0.2, 0.25) is 0 Å². The highest BCUT2D eigenvalue weighted by Gasteiger charge is 2.27. The van der Waals surface area contributed by atoms with Gasteiger partial charge in [-0.3, -0.25) is 4.79 Å². The van der Waals surface area contributed by atoms with Crippen molar-refractivity contribution in [1.29, 1.82) is 0 Å². The predicted molar refractivity (Wildman–Crippen MR) is 89.4 cm³/mol. The third-order valence-electron chi connectivity index (χ3n) is 3.74. The van der Waals surface area contributed by atoms with Gasteiger partial charge >= 0.3 is 0 Å². The van der Waals surface area contributed by atoms with E-state index >= 15 is 0 Å². The van der Waals surface area contributed by atoms with Gasteiger partial charge in [-0.25, -0.2) is 0 Å². The summed E-state index contributed by atoms with van der Waals surface area (Å²) < 4.78 is 1.05. The summed E-state index contributed by atoms with van der Waals surface area (Å²) in [6, 6.07) is 16.1. The number of benzene rings is 2. The van der Waals surface area contributed by atoms with Gasteiger partial charge in [-0.2, -0.15) is 0 Å². The summed E-state index contributed by atoms with van der Waals surface area (Å²) >= 11 is 3.44. The second-order valence-corrected chi connectivity index (χ2v) is 6.27. The first-order valence-electron chi connectivity index (χ1n) is 7.04. The molecule has 21 heavy (non-hydrogen) atoms. The Bertz CT molecular complexity index is 654. The molecule has 108 valence electrons. The van der Waals surface area contributed by atoms with Crippen LogP contribution in [0.1, 0.15) is 12.5 Å². The quantitative estimate of drug-likeness (QED) is 0.891. The Morgan fingerprint density at radius 3 is 2.67 bits per heavy atom. The predicted octanol–water partition coefficient (Wildman–Crippen LogP) is 4.04. The summed E-state index contributed by atoms with van der Waals surface area (Å²) in [6.07, 6.45) is 0. The van der Waals surface area contributed by atoms with Crippen LogP contribution in [-0.2, 0) is 11.3 Å². The Balaban J connectivity index is 1.97. The van der Waals surface area contributed by atoms with Crippen LogP contribution in [0.25, 0.3) is 0 Å². The Hall–Kier alpha value is -1.81. The molecule has 0 radical (unpaired) electrons. The van der Waals surface area contributed by atoms with Gasteiger partial charge in [0.05, 0.1) is 23.8 Å². The number of rotatable bonds is 2. The average Bonchev–Trinajstić information content (AvgIpc) is 2.62. The zero-order valence-corrected chi connectivity index (χ0v) is 13.4. The second-order valence-electron chi connectivity index (χ2n) is 5.35. The summed E-state index contributed by atoms with van der Waals surface area (Å²) in [6.45, 7) is 3.23. The molecular weight excluding hydrogens is 328 g/mol. The van der Waals surface area contributed by atoms with E-state index in [-0.39, 0.29) is 11.8 Å². The first-order valence-corrected chi connectivity index (χ1v) is 7.83. The summed E-state index contributed by atoms with van der Waals surface area (Å²) in [7, 11) is 0. The number of anilines is 2. The van der Waals surface area contributed by atoms with Crippen molar-refractivity contribution in [3.63, 3.8) is 0 Å². The van der Waals surface area contributed by atoms with Crippen molar-refractivity contribution in [3.05, 3.63) is 58.6 Å². The lowest BCUT2D eigenvalue weighted by Gasteiger charge is -2.24. The smallest absolute Gasteiger partial charge is 0.231 e. The van der Waals surface area contributed by atoms with E-state index in [1.807, 2.05) is 60.4 Å². The van der Waals surface area contributed by atoms with Crippen molar-refractivity contribution in [1.82, 2.24) is 0 Å². The molecule has 2 aromatic rings. The molecule has 2 aromatic carbocycles. The maximum absolute atomic E-state index is 12.7. The molecule has 1 N–H and O–H groups in total. The first kappa shape index (κ1) is 14.1. The number of nitrogens with one attached hydrogen (secondary N) is 1. The maximum Gasteiger partial charge on any atom is 0.231 e. The van der Waals surface area contributed by atoms with Gasteiger partial charge in [-0.05, 0) is 29.8 Å².